The van der Waals surface area contributed by atoms with Crippen molar-refractivity contribution >= 4 is 11.9 Å². The van der Waals surface area contributed by atoms with Gasteiger partial charge in [0.2, 0.25) is 5.96 Å². The molecule has 1 unspecified atom stereocenters. The van der Waals surface area contributed by atoms with Crippen LogP contribution >= 0.6 is 0 Å². The van der Waals surface area contributed by atoms with Crippen LogP contribution in [-0.2, 0) is 7.05 Å². The first-order chi connectivity index (χ1) is 8.65. The van der Waals surface area contributed by atoms with Gasteiger partial charge in [0.15, 0.2) is 12.4 Å². The zero-order chi connectivity index (χ0) is 13.0. The molecule has 19 heavy (non-hydrogen) atoms. The number of pyridine rings is 1. The number of carbonyl (C=O) groups is 1. The van der Waals surface area contributed by atoms with E-state index in [0.717, 1.165) is 0 Å². The van der Waals surface area contributed by atoms with Gasteiger partial charge in [-0.3, -0.25) is 15.6 Å². The molecule has 1 aromatic heterocycles. The number of carbonyl (C=O) groups excluding carboxylic acids is 1. The smallest absolute Gasteiger partial charge is 0.270 e. The summed E-state index contributed by atoms with van der Waals surface area (Å²) in [6, 6.07) is 3.44. The predicted octanol–water partition coefficient (Wildman–Crippen LogP) is -4.93. The van der Waals surface area contributed by atoms with Gasteiger partial charge in [-0.1, -0.05) is 0 Å². The Bertz CT molecular complexity index is 463. The lowest BCUT2D eigenvalue weighted by molar-refractivity contribution is -0.671. The van der Waals surface area contributed by atoms with E-state index in [0.29, 0.717) is 24.6 Å². The maximum absolute atomic E-state index is 11.7. The zero-order valence-corrected chi connectivity index (χ0v) is 12.6. The molecule has 1 amide bonds. The number of nitrogens with one attached hydrogen (secondary N) is 3. The molecule has 0 bridgehead atoms. The topological polar surface area (TPSA) is 89.6 Å². The molecule has 1 atom stereocenters. The summed E-state index contributed by atoms with van der Waals surface area (Å²) in [5.74, 6) is 0.210. The SMILES string of the molecule is C[n+]1ccc(C(=O)NNC2=NCC(O)CN2)cc1.[I-]. The van der Waals surface area contributed by atoms with Gasteiger partial charge in [-0.2, -0.15) is 0 Å². The molecule has 0 spiro atoms. The Kier molecular flexibility index (Phi) is 5.96. The monoisotopic (exact) mass is 377 g/mol. The van der Waals surface area contributed by atoms with E-state index in [1.165, 1.54) is 0 Å². The van der Waals surface area contributed by atoms with Gasteiger partial charge < -0.3 is 34.4 Å². The van der Waals surface area contributed by atoms with Crippen LogP contribution in [0.25, 0.3) is 0 Å². The molecule has 0 saturated heterocycles. The van der Waals surface area contributed by atoms with E-state index in [1.54, 1.807) is 24.5 Å². The molecule has 0 aliphatic carbocycles. The van der Waals surface area contributed by atoms with Crippen molar-refractivity contribution in [2.45, 2.75) is 6.10 Å². The average Bonchev–Trinajstić information content (AvgIpc) is 2.38. The average molecular weight is 377 g/mol. The molecule has 0 radical (unpaired) electrons. The molecule has 1 aliphatic heterocycles. The van der Waals surface area contributed by atoms with Crippen LogP contribution in [-0.4, -0.2) is 36.2 Å². The lowest BCUT2D eigenvalue weighted by Crippen LogP contribution is -3.00. The van der Waals surface area contributed by atoms with Crippen molar-refractivity contribution in [2.24, 2.45) is 12.0 Å². The number of amides is 1. The van der Waals surface area contributed by atoms with E-state index in [2.05, 4.69) is 21.2 Å². The minimum Gasteiger partial charge on any atom is -1.00 e. The Hall–Kier alpha value is -1.42. The van der Waals surface area contributed by atoms with E-state index in [1.807, 2.05) is 11.6 Å². The summed E-state index contributed by atoms with van der Waals surface area (Å²) in [6.45, 7) is 0.745. The van der Waals surface area contributed by atoms with E-state index in [4.69, 9.17) is 0 Å². The number of hydrogen-bond acceptors (Lipinski definition) is 5. The van der Waals surface area contributed by atoms with Crippen molar-refractivity contribution in [3.05, 3.63) is 30.1 Å². The van der Waals surface area contributed by atoms with Crippen LogP contribution in [0.15, 0.2) is 29.5 Å². The third-order valence-electron chi connectivity index (χ3n) is 2.50. The van der Waals surface area contributed by atoms with Gasteiger partial charge in [-0.05, 0) is 0 Å². The van der Waals surface area contributed by atoms with Crippen molar-refractivity contribution in [2.75, 3.05) is 13.1 Å². The van der Waals surface area contributed by atoms with E-state index < -0.39 is 6.10 Å². The molecule has 0 aromatic carbocycles. The normalized spacial score (nSPS) is 17.6. The van der Waals surface area contributed by atoms with Crippen molar-refractivity contribution < 1.29 is 38.4 Å². The zero-order valence-electron chi connectivity index (χ0n) is 10.4. The maximum atomic E-state index is 11.7. The largest absolute Gasteiger partial charge is 1.00 e. The molecule has 1 aromatic rings. The van der Waals surface area contributed by atoms with Crippen LogP contribution in [0.5, 0.6) is 0 Å². The van der Waals surface area contributed by atoms with Gasteiger partial charge in [0, 0.05) is 18.7 Å². The Balaban J connectivity index is 0.00000180. The number of rotatable bonds is 1. The number of aliphatic hydroxyl groups is 1. The highest BCUT2D eigenvalue weighted by Crippen LogP contribution is 1.94. The first-order valence-electron chi connectivity index (χ1n) is 5.63. The summed E-state index contributed by atoms with van der Waals surface area (Å²) in [5, 5.41) is 12.1. The van der Waals surface area contributed by atoms with Gasteiger partial charge in [0.25, 0.3) is 5.91 Å². The maximum Gasteiger partial charge on any atom is 0.270 e. The van der Waals surface area contributed by atoms with E-state index >= 15 is 0 Å². The number of hydrazine groups is 1. The Morgan fingerprint density at radius 1 is 1.53 bits per heavy atom. The molecule has 2 heterocycles. The minimum absolute atomic E-state index is 0. The third kappa shape index (κ3) is 4.63. The number of β-amino-alcohol motifs (C(OH)–C–C–N with tert-alkyl or cyclic N) is 1. The number of guanidine groups is 1. The predicted molar refractivity (Wildman–Crippen MR) is 64.5 cm³/mol. The summed E-state index contributed by atoms with van der Waals surface area (Å²) in [4.78, 5) is 15.8. The van der Waals surface area contributed by atoms with Crippen LogP contribution in [0.2, 0.25) is 0 Å². The number of aromatic nitrogens is 1. The van der Waals surface area contributed by atoms with Gasteiger partial charge in [-0.15, -0.1) is 0 Å². The third-order valence-corrected chi connectivity index (χ3v) is 2.50. The number of nitrogens with zero attached hydrogens (tertiary/aromatic N) is 2. The van der Waals surface area contributed by atoms with E-state index in [-0.39, 0.29) is 29.9 Å². The summed E-state index contributed by atoms with van der Waals surface area (Å²) >= 11 is 0. The quantitative estimate of drug-likeness (QED) is 0.224. The molecule has 0 fully saturated rings. The van der Waals surface area contributed by atoms with Crippen molar-refractivity contribution in [1.82, 2.24) is 16.2 Å². The fraction of sp³-hybridized carbons (Fsp3) is 0.364. The molecule has 1 aliphatic rings. The molecule has 104 valence electrons. The molecule has 2 rings (SSSR count). The molecular weight excluding hydrogens is 361 g/mol. The number of halogens is 1. The molecule has 7 nitrogen and oxygen atoms in total. The lowest BCUT2D eigenvalue weighted by Gasteiger charge is -2.19. The van der Waals surface area contributed by atoms with Crippen molar-refractivity contribution in [3.63, 3.8) is 0 Å². The van der Waals surface area contributed by atoms with Gasteiger partial charge >= 0.3 is 0 Å². The van der Waals surface area contributed by atoms with Crippen LogP contribution in [0, 0.1) is 0 Å². The fourth-order valence-corrected chi connectivity index (χ4v) is 1.46. The second kappa shape index (κ2) is 7.24. The summed E-state index contributed by atoms with van der Waals surface area (Å²) in [5.41, 5.74) is 5.76. The highest BCUT2D eigenvalue weighted by molar-refractivity contribution is 5.95. The van der Waals surface area contributed by atoms with Crippen LogP contribution in [0.3, 0.4) is 0 Å². The van der Waals surface area contributed by atoms with Crippen molar-refractivity contribution in [3.8, 4) is 0 Å². The molecule has 0 saturated carbocycles. The molecule has 8 heteroatoms. The van der Waals surface area contributed by atoms with Gasteiger partial charge in [0.1, 0.15) is 7.05 Å². The molecule has 4 N–H and O–H groups in total. The molecular formula is C11H16IN5O2. The minimum atomic E-state index is -0.472. The summed E-state index contributed by atoms with van der Waals surface area (Å²) < 4.78 is 1.85. The number of aliphatic imine (C=N–C) groups is 1. The first kappa shape index (κ1) is 15.6. The fourth-order valence-electron chi connectivity index (χ4n) is 1.46. The van der Waals surface area contributed by atoms with Crippen LogP contribution < -0.4 is 44.7 Å². The Labute approximate surface area is 128 Å². The summed E-state index contributed by atoms with van der Waals surface area (Å²) in [6.07, 6.45) is 3.11. The van der Waals surface area contributed by atoms with Crippen LogP contribution in [0.4, 0.5) is 0 Å². The lowest BCUT2D eigenvalue weighted by atomic mass is 10.2. The van der Waals surface area contributed by atoms with Gasteiger partial charge in [0.05, 0.1) is 18.2 Å². The van der Waals surface area contributed by atoms with E-state index in [9.17, 15) is 9.90 Å². The highest BCUT2D eigenvalue weighted by Gasteiger charge is 2.12. The summed E-state index contributed by atoms with van der Waals surface area (Å²) in [7, 11) is 1.88. The van der Waals surface area contributed by atoms with Crippen LogP contribution in [0.1, 0.15) is 10.4 Å². The first-order valence-corrected chi connectivity index (χ1v) is 5.63. The Morgan fingerprint density at radius 3 is 2.79 bits per heavy atom. The van der Waals surface area contributed by atoms with Crippen molar-refractivity contribution in [1.29, 1.82) is 0 Å². The number of hydrogen-bond donors (Lipinski definition) is 4. The number of aliphatic hydroxyl groups excluding tert-OH is 1. The Morgan fingerprint density at radius 2 is 2.21 bits per heavy atom. The standard InChI is InChI=1S/C11H15N5O2.HI/c1-16-4-2-8(3-5-16)10(18)14-15-11-12-6-9(17)7-13-11;/h2-5,9,17H,6-7H2,1H3,(H2,12,13,18);1H. The number of aryl methyl sites for hydroxylation is 1. The second-order valence-corrected chi connectivity index (χ2v) is 4.06. The second-order valence-electron chi connectivity index (χ2n) is 4.06. The van der Waals surface area contributed by atoms with Gasteiger partial charge in [-0.25, -0.2) is 9.56 Å². The highest BCUT2D eigenvalue weighted by atomic mass is 127.